The summed E-state index contributed by atoms with van der Waals surface area (Å²) in [6.45, 7) is 4.47. The summed E-state index contributed by atoms with van der Waals surface area (Å²) in [5.74, 6) is -2.33. The molecule has 0 bridgehead atoms. The molecule has 0 aromatic heterocycles. The first-order valence-corrected chi connectivity index (χ1v) is 23.7. The van der Waals surface area contributed by atoms with Crippen molar-refractivity contribution < 1.29 is 42.9 Å². The lowest BCUT2D eigenvalue weighted by Crippen LogP contribution is -2.44. The van der Waals surface area contributed by atoms with Crippen molar-refractivity contribution in [3.8, 4) is 0 Å². The number of likely N-dealkylation sites (N-methyl/N-ethyl adjacent to an activating group) is 1. The van der Waals surface area contributed by atoms with Gasteiger partial charge in [0.15, 0.2) is 12.4 Å². The SMILES string of the molecule is CC/C=C\C/C=C\C/C=C\C/C=C\CCCCCCCCC(=O)OC(COC(=O)CCCCCCCCC/C=C\C/C=C\C/C=C\CC)COC(OCC[N+](C)(C)C)C(=O)[O-]. The Balaban J connectivity index is 4.46. The van der Waals surface area contributed by atoms with Crippen molar-refractivity contribution in [2.75, 3.05) is 47.5 Å². The number of allylic oxidation sites excluding steroid dienone is 14. The second-order valence-corrected chi connectivity index (χ2v) is 16.6. The largest absolute Gasteiger partial charge is 0.545 e. The number of hydrogen-bond donors (Lipinski definition) is 0. The van der Waals surface area contributed by atoms with E-state index < -0.39 is 24.3 Å². The Labute approximate surface area is 372 Å². The molecule has 0 saturated heterocycles. The van der Waals surface area contributed by atoms with Crippen LogP contribution < -0.4 is 5.11 Å². The van der Waals surface area contributed by atoms with Crippen LogP contribution >= 0.6 is 0 Å². The molecular formula is C52H87NO8. The van der Waals surface area contributed by atoms with Gasteiger partial charge < -0.3 is 33.3 Å². The second kappa shape index (κ2) is 43.1. The fourth-order valence-electron chi connectivity index (χ4n) is 6.01. The maximum absolute atomic E-state index is 12.8. The zero-order chi connectivity index (χ0) is 44.9. The van der Waals surface area contributed by atoms with Crippen LogP contribution in [0.1, 0.15) is 168 Å². The smallest absolute Gasteiger partial charge is 0.306 e. The van der Waals surface area contributed by atoms with Gasteiger partial charge in [-0.2, -0.15) is 0 Å². The second-order valence-electron chi connectivity index (χ2n) is 16.6. The minimum Gasteiger partial charge on any atom is -0.545 e. The first-order valence-electron chi connectivity index (χ1n) is 23.7. The van der Waals surface area contributed by atoms with Crippen molar-refractivity contribution >= 4 is 17.9 Å². The predicted molar refractivity (Wildman–Crippen MR) is 251 cm³/mol. The third kappa shape index (κ3) is 44.3. The van der Waals surface area contributed by atoms with Crippen LogP contribution in [0.25, 0.3) is 0 Å². The van der Waals surface area contributed by atoms with Crippen molar-refractivity contribution in [2.24, 2.45) is 0 Å². The summed E-state index contributed by atoms with van der Waals surface area (Å²) in [4.78, 5) is 37.1. The predicted octanol–water partition coefficient (Wildman–Crippen LogP) is 11.6. The number of rotatable bonds is 42. The van der Waals surface area contributed by atoms with Gasteiger partial charge in [-0.3, -0.25) is 9.59 Å². The Hall–Kier alpha value is -3.53. The Morgan fingerprint density at radius 1 is 0.492 bits per heavy atom. The quantitative estimate of drug-likeness (QED) is 0.0196. The average Bonchev–Trinajstić information content (AvgIpc) is 3.22. The number of carbonyl (C=O) groups excluding carboxylic acids is 3. The summed E-state index contributed by atoms with van der Waals surface area (Å²) in [6.07, 6.45) is 51.8. The van der Waals surface area contributed by atoms with E-state index in [4.69, 9.17) is 18.9 Å². The molecule has 0 aliphatic heterocycles. The van der Waals surface area contributed by atoms with Gasteiger partial charge >= 0.3 is 11.9 Å². The third-order valence-electron chi connectivity index (χ3n) is 9.64. The Morgan fingerprint density at radius 3 is 1.31 bits per heavy atom. The van der Waals surface area contributed by atoms with Gasteiger partial charge in [-0.15, -0.1) is 0 Å². The van der Waals surface area contributed by atoms with Gasteiger partial charge in [0.25, 0.3) is 0 Å². The van der Waals surface area contributed by atoms with Crippen molar-refractivity contribution in [2.45, 2.75) is 180 Å². The lowest BCUT2D eigenvalue weighted by Gasteiger charge is -2.26. The highest BCUT2D eigenvalue weighted by atomic mass is 16.7. The molecule has 2 atom stereocenters. The molecule has 0 spiro atoms. The number of aliphatic carboxylic acids is 1. The molecule has 0 fully saturated rings. The van der Waals surface area contributed by atoms with Gasteiger partial charge in [0.05, 0.1) is 40.3 Å². The first-order chi connectivity index (χ1) is 29.6. The van der Waals surface area contributed by atoms with Crippen molar-refractivity contribution in [1.29, 1.82) is 0 Å². The summed E-state index contributed by atoms with van der Waals surface area (Å²) in [5, 5.41) is 11.7. The van der Waals surface area contributed by atoms with E-state index in [1.165, 1.54) is 19.3 Å². The minimum absolute atomic E-state index is 0.138. The third-order valence-corrected chi connectivity index (χ3v) is 9.64. The zero-order valence-corrected chi connectivity index (χ0v) is 39.2. The molecule has 0 rings (SSSR count). The summed E-state index contributed by atoms with van der Waals surface area (Å²) >= 11 is 0. The number of ether oxygens (including phenoxy) is 4. The van der Waals surface area contributed by atoms with E-state index in [1.54, 1.807) is 0 Å². The summed E-state index contributed by atoms with van der Waals surface area (Å²) in [5.41, 5.74) is 0. The molecule has 9 nitrogen and oxygen atoms in total. The lowest BCUT2D eigenvalue weighted by atomic mass is 10.1. The normalized spacial score (nSPS) is 13.7. The summed E-state index contributed by atoms with van der Waals surface area (Å²) < 4.78 is 22.6. The van der Waals surface area contributed by atoms with Crippen LogP contribution in [-0.4, -0.2) is 82.3 Å². The van der Waals surface area contributed by atoms with E-state index in [2.05, 4.69) is 98.9 Å². The Bertz CT molecular complexity index is 1270. The van der Waals surface area contributed by atoms with Crippen molar-refractivity contribution in [1.82, 2.24) is 0 Å². The van der Waals surface area contributed by atoms with Crippen molar-refractivity contribution in [3.63, 3.8) is 0 Å². The van der Waals surface area contributed by atoms with Crippen LogP contribution in [0.15, 0.2) is 85.1 Å². The summed E-state index contributed by atoms with van der Waals surface area (Å²) in [6, 6.07) is 0. The number of carboxylic acids is 1. The molecule has 0 radical (unpaired) electrons. The molecule has 2 unspecified atom stereocenters. The fourth-order valence-corrected chi connectivity index (χ4v) is 6.01. The molecule has 0 aliphatic carbocycles. The highest BCUT2D eigenvalue weighted by Crippen LogP contribution is 2.13. The van der Waals surface area contributed by atoms with E-state index in [1.807, 2.05) is 21.1 Å². The number of carbonyl (C=O) groups is 3. The highest BCUT2D eigenvalue weighted by molar-refractivity contribution is 5.70. The van der Waals surface area contributed by atoms with Crippen LogP contribution in [0.5, 0.6) is 0 Å². The summed E-state index contributed by atoms with van der Waals surface area (Å²) in [7, 11) is 5.89. The maximum Gasteiger partial charge on any atom is 0.306 e. The van der Waals surface area contributed by atoms with E-state index in [0.29, 0.717) is 17.4 Å². The van der Waals surface area contributed by atoms with Gasteiger partial charge in [-0.05, 0) is 83.5 Å². The number of unbranched alkanes of at least 4 members (excludes halogenated alkanes) is 13. The monoisotopic (exact) mass is 854 g/mol. The zero-order valence-electron chi connectivity index (χ0n) is 39.2. The number of carboxylic acid groups (broad SMARTS) is 1. The molecular weight excluding hydrogens is 767 g/mol. The van der Waals surface area contributed by atoms with Crippen LogP contribution in [0.2, 0.25) is 0 Å². The van der Waals surface area contributed by atoms with Gasteiger partial charge in [-0.1, -0.05) is 157 Å². The lowest BCUT2D eigenvalue weighted by molar-refractivity contribution is -0.870. The van der Waals surface area contributed by atoms with Gasteiger partial charge in [0.1, 0.15) is 13.2 Å². The number of esters is 2. The maximum atomic E-state index is 12.8. The molecule has 0 aromatic rings. The van der Waals surface area contributed by atoms with E-state index in [0.717, 1.165) is 116 Å². The Morgan fingerprint density at radius 2 is 0.885 bits per heavy atom. The van der Waals surface area contributed by atoms with Crippen molar-refractivity contribution in [3.05, 3.63) is 85.1 Å². The molecule has 348 valence electrons. The van der Waals surface area contributed by atoms with Crippen LogP contribution in [0.3, 0.4) is 0 Å². The van der Waals surface area contributed by atoms with Gasteiger partial charge in [0.2, 0.25) is 0 Å². The fraction of sp³-hybridized carbons (Fsp3) is 0.673. The average molecular weight is 854 g/mol. The molecule has 0 amide bonds. The number of quaternary nitrogens is 1. The molecule has 0 saturated carbocycles. The van der Waals surface area contributed by atoms with Crippen LogP contribution in [-0.2, 0) is 33.3 Å². The molecule has 0 aromatic carbocycles. The topological polar surface area (TPSA) is 111 Å². The van der Waals surface area contributed by atoms with E-state index in [-0.39, 0.29) is 38.6 Å². The van der Waals surface area contributed by atoms with E-state index >= 15 is 0 Å². The molecule has 61 heavy (non-hydrogen) atoms. The van der Waals surface area contributed by atoms with Gasteiger partial charge in [0, 0.05) is 12.8 Å². The Kier molecular flexibility index (Phi) is 40.6. The highest BCUT2D eigenvalue weighted by Gasteiger charge is 2.21. The molecule has 0 N–H and O–H groups in total. The number of hydrogen-bond acceptors (Lipinski definition) is 8. The van der Waals surface area contributed by atoms with Crippen LogP contribution in [0.4, 0.5) is 0 Å². The van der Waals surface area contributed by atoms with Gasteiger partial charge in [-0.25, -0.2) is 0 Å². The standard InChI is InChI=1S/C52H87NO8/c1-6-8-10-12-14-16-18-20-22-24-25-27-29-31-33-35-37-39-41-43-50(55)61-48(47-60-52(51(56)57)58-45-44-53(3,4)5)46-59-49(54)42-40-38-36-34-32-30-28-26-23-21-19-17-15-13-11-9-7-2/h8-11,14-17,20-23,25,27,48,52H,6-7,12-13,18-19,24,26,28-47H2,1-5H3/b10-8-,11-9-,16-14-,17-15-,22-20-,23-21-,27-25-. The molecule has 0 heterocycles. The first kappa shape index (κ1) is 57.5. The van der Waals surface area contributed by atoms with Crippen LogP contribution in [0, 0.1) is 0 Å². The molecule has 9 heteroatoms. The minimum atomic E-state index is -1.63. The molecule has 0 aliphatic rings. The van der Waals surface area contributed by atoms with E-state index in [9.17, 15) is 19.5 Å². The number of nitrogens with zero attached hydrogens (tertiary/aromatic N) is 1.